The van der Waals surface area contributed by atoms with Crippen molar-refractivity contribution in [3.63, 3.8) is 0 Å². The fourth-order valence-corrected chi connectivity index (χ4v) is 3.86. The van der Waals surface area contributed by atoms with E-state index >= 15 is 0 Å². The van der Waals surface area contributed by atoms with E-state index in [0.717, 1.165) is 31.5 Å². The van der Waals surface area contributed by atoms with Crippen LogP contribution in [0.25, 0.3) is 11.3 Å². The van der Waals surface area contributed by atoms with E-state index < -0.39 is 0 Å². The van der Waals surface area contributed by atoms with Crippen molar-refractivity contribution in [3.8, 4) is 11.3 Å². The minimum absolute atomic E-state index is 0.0956. The Bertz CT molecular complexity index is 971. The van der Waals surface area contributed by atoms with Crippen LogP contribution < -0.4 is 5.56 Å². The van der Waals surface area contributed by atoms with E-state index in [0.29, 0.717) is 6.54 Å². The Morgan fingerprint density at radius 3 is 2.58 bits per heavy atom. The Balaban J connectivity index is 1.58. The van der Waals surface area contributed by atoms with Gasteiger partial charge in [0.25, 0.3) is 5.56 Å². The van der Waals surface area contributed by atoms with Gasteiger partial charge in [0, 0.05) is 63.0 Å². The predicted octanol–water partition coefficient (Wildman–Crippen LogP) is 2.39. The molecule has 0 atom stereocenters. The topological polar surface area (TPSA) is 43.1 Å². The monoisotopic (exact) mass is 348 g/mol. The van der Waals surface area contributed by atoms with Crippen LogP contribution in [0, 0.1) is 0 Å². The van der Waals surface area contributed by atoms with Gasteiger partial charge < -0.3 is 4.57 Å². The summed E-state index contributed by atoms with van der Waals surface area (Å²) in [7, 11) is 3.84. The molecular formula is C21H24N4O. The minimum atomic E-state index is 0.0956. The third-order valence-corrected chi connectivity index (χ3v) is 5.21. The van der Waals surface area contributed by atoms with E-state index in [1.54, 1.807) is 17.8 Å². The lowest BCUT2D eigenvalue weighted by atomic mass is 10.0. The van der Waals surface area contributed by atoms with Gasteiger partial charge in [-0.05, 0) is 12.5 Å². The SMILES string of the molecule is Cn1nc2c(c1-c1ccccc1)CCN(Cc1cccn(C)c1=O)CC2. The van der Waals surface area contributed by atoms with Gasteiger partial charge in [-0.1, -0.05) is 36.4 Å². The first-order chi connectivity index (χ1) is 12.6. The zero-order valence-electron chi connectivity index (χ0n) is 15.4. The summed E-state index contributed by atoms with van der Waals surface area (Å²) in [4.78, 5) is 14.7. The molecule has 2 aromatic heterocycles. The Morgan fingerprint density at radius 2 is 1.77 bits per heavy atom. The Morgan fingerprint density at radius 1 is 1.00 bits per heavy atom. The molecule has 0 N–H and O–H groups in total. The first-order valence-electron chi connectivity index (χ1n) is 9.10. The van der Waals surface area contributed by atoms with Crippen molar-refractivity contribution < 1.29 is 0 Å². The molecule has 3 aromatic rings. The van der Waals surface area contributed by atoms with Crippen LogP contribution in [0.3, 0.4) is 0 Å². The lowest BCUT2D eigenvalue weighted by Gasteiger charge is -2.19. The number of aryl methyl sites for hydroxylation is 2. The van der Waals surface area contributed by atoms with Crippen molar-refractivity contribution in [1.29, 1.82) is 0 Å². The Kier molecular flexibility index (Phi) is 4.47. The molecule has 5 nitrogen and oxygen atoms in total. The summed E-state index contributed by atoms with van der Waals surface area (Å²) in [6.45, 7) is 2.57. The number of aromatic nitrogens is 3. The molecule has 0 unspecified atom stereocenters. The molecule has 26 heavy (non-hydrogen) atoms. The van der Waals surface area contributed by atoms with Gasteiger partial charge in [-0.15, -0.1) is 0 Å². The molecule has 5 heteroatoms. The molecule has 0 aliphatic carbocycles. The maximum Gasteiger partial charge on any atom is 0.254 e. The Hall–Kier alpha value is -2.66. The van der Waals surface area contributed by atoms with E-state index in [1.165, 1.54) is 22.5 Å². The number of nitrogens with zero attached hydrogens (tertiary/aromatic N) is 4. The number of benzene rings is 1. The summed E-state index contributed by atoms with van der Waals surface area (Å²) < 4.78 is 3.67. The molecule has 1 aromatic carbocycles. The molecule has 0 amide bonds. The van der Waals surface area contributed by atoms with Gasteiger partial charge in [-0.25, -0.2) is 0 Å². The minimum Gasteiger partial charge on any atom is -0.318 e. The third-order valence-electron chi connectivity index (χ3n) is 5.21. The maximum absolute atomic E-state index is 12.3. The maximum atomic E-state index is 12.3. The number of fused-ring (bicyclic) bond motifs is 1. The molecule has 134 valence electrons. The van der Waals surface area contributed by atoms with Crippen LogP contribution in [-0.2, 0) is 33.5 Å². The van der Waals surface area contributed by atoms with Gasteiger partial charge in [0.1, 0.15) is 0 Å². The largest absolute Gasteiger partial charge is 0.318 e. The van der Waals surface area contributed by atoms with Crippen LogP contribution in [0.1, 0.15) is 16.8 Å². The average molecular weight is 348 g/mol. The summed E-state index contributed by atoms with van der Waals surface area (Å²) in [6.07, 6.45) is 3.68. The Labute approximate surface area is 153 Å². The first-order valence-corrected chi connectivity index (χ1v) is 9.10. The van der Waals surface area contributed by atoms with Gasteiger partial charge in [-0.2, -0.15) is 5.10 Å². The van der Waals surface area contributed by atoms with E-state index in [9.17, 15) is 4.79 Å². The van der Waals surface area contributed by atoms with Crippen molar-refractivity contribution in [2.75, 3.05) is 13.1 Å². The van der Waals surface area contributed by atoms with E-state index in [4.69, 9.17) is 5.10 Å². The zero-order valence-corrected chi connectivity index (χ0v) is 15.4. The van der Waals surface area contributed by atoms with E-state index in [-0.39, 0.29) is 5.56 Å². The lowest BCUT2D eigenvalue weighted by molar-refractivity contribution is 0.276. The van der Waals surface area contributed by atoms with Crippen molar-refractivity contribution in [3.05, 3.63) is 75.8 Å². The van der Waals surface area contributed by atoms with Crippen LogP contribution in [-0.4, -0.2) is 32.3 Å². The van der Waals surface area contributed by atoms with Gasteiger partial charge in [0.15, 0.2) is 0 Å². The molecule has 3 heterocycles. The summed E-state index contributed by atoms with van der Waals surface area (Å²) in [5.74, 6) is 0. The van der Waals surface area contributed by atoms with Gasteiger partial charge in [-0.3, -0.25) is 14.4 Å². The van der Waals surface area contributed by atoms with Crippen molar-refractivity contribution >= 4 is 0 Å². The molecule has 0 fully saturated rings. The average Bonchev–Trinajstić information content (AvgIpc) is 2.84. The summed E-state index contributed by atoms with van der Waals surface area (Å²) >= 11 is 0. The zero-order chi connectivity index (χ0) is 18.1. The first kappa shape index (κ1) is 16.8. The highest BCUT2D eigenvalue weighted by atomic mass is 16.1. The summed E-state index contributed by atoms with van der Waals surface area (Å²) in [5.41, 5.74) is 5.93. The fraction of sp³-hybridized carbons (Fsp3) is 0.333. The van der Waals surface area contributed by atoms with Crippen LogP contribution >= 0.6 is 0 Å². The molecule has 0 saturated carbocycles. The molecule has 4 rings (SSSR count). The van der Waals surface area contributed by atoms with Gasteiger partial charge in [0.2, 0.25) is 0 Å². The quantitative estimate of drug-likeness (QED) is 0.730. The molecule has 0 saturated heterocycles. The van der Waals surface area contributed by atoms with E-state index in [1.807, 2.05) is 29.9 Å². The molecular weight excluding hydrogens is 324 g/mol. The van der Waals surface area contributed by atoms with Crippen molar-refractivity contribution in [1.82, 2.24) is 19.2 Å². The lowest BCUT2D eigenvalue weighted by Crippen LogP contribution is -2.31. The number of pyridine rings is 1. The molecule has 0 bridgehead atoms. The van der Waals surface area contributed by atoms with E-state index in [2.05, 4.69) is 29.2 Å². The predicted molar refractivity (Wildman–Crippen MR) is 103 cm³/mol. The second-order valence-electron chi connectivity index (χ2n) is 6.99. The smallest absolute Gasteiger partial charge is 0.254 e. The molecule has 0 radical (unpaired) electrons. The highest BCUT2D eigenvalue weighted by Gasteiger charge is 2.22. The molecule has 1 aliphatic rings. The van der Waals surface area contributed by atoms with Crippen LogP contribution in [0.15, 0.2) is 53.5 Å². The van der Waals surface area contributed by atoms with Gasteiger partial charge >= 0.3 is 0 Å². The number of hydrogen-bond acceptors (Lipinski definition) is 3. The van der Waals surface area contributed by atoms with Crippen LogP contribution in [0.5, 0.6) is 0 Å². The second-order valence-corrected chi connectivity index (χ2v) is 6.99. The second kappa shape index (κ2) is 6.92. The standard InChI is InChI=1S/C21H24N4O/c1-23-12-6-9-17(21(23)26)15-25-13-10-18-19(11-14-25)22-24(2)20(18)16-7-4-3-5-8-16/h3-9,12H,10-11,13-15H2,1-2H3. The van der Waals surface area contributed by atoms with Crippen molar-refractivity contribution in [2.45, 2.75) is 19.4 Å². The molecule has 1 aliphatic heterocycles. The third kappa shape index (κ3) is 3.10. The summed E-state index contributed by atoms with van der Waals surface area (Å²) in [5, 5.41) is 4.78. The van der Waals surface area contributed by atoms with Gasteiger partial charge in [0.05, 0.1) is 11.4 Å². The highest BCUT2D eigenvalue weighted by Crippen LogP contribution is 2.28. The fourth-order valence-electron chi connectivity index (χ4n) is 3.86. The number of rotatable bonds is 3. The van der Waals surface area contributed by atoms with Crippen molar-refractivity contribution in [2.24, 2.45) is 14.1 Å². The number of hydrogen-bond donors (Lipinski definition) is 0. The molecule has 0 spiro atoms. The van der Waals surface area contributed by atoms with Crippen LogP contribution in [0.2, 0.25) is 0 Å². The highest BCUT2D eigenvalue weighted by molar-refractivity contribution is 5.64. The van der Waals surface area contributed by atoms with Crippen LogP contribution in [0.4, 0.5) is 0 Å². The normalized spacial score (nSPS) is 14.8. The summed E-state index contributed by atoms with van der Waals surface area (Å²) in [6, 6.07) is 14.4.